The van der Waals surface area contributed by atoms with E-state index in [-0.39, 0.29) is 23.3 Å². The Kier molecular flexibility index (Phi) is 12.0. The molecule has 2 N–H and O–H groups in total. The van der Waals surface area contributed by atoms with Crippen molar-refractivity contribution in [2.24, 2.45) is 0 Å². The molecule has 0 spiro atoms. The minimum Gasteiger partial charge on any atom is -0.399 e. The SMILES string of the molecule is CC(C)(C)[Si](OC1C(O)[C@@H](O[Si](c2ccccc2)(c2ccccc2)C(C)(C)C)C(CO)O[C@H]1OCc1ccccc1)(c1ccccc1)c1ccccc1. The Bertz CT molecular complexity index is 1770. The Labute approximate surface area is 317 Å². The number of benzene rings is 5. The first-order valence-corrected chi connectivity index (χ1v) is 22.4. The van der Waals surface area contributed by atoms with Crippen LogP contribution in [0.15, 0.2) is 152 Å². The fraction of sp³-hybridized carbons (Fsp3) is 0.333. The standard InChI is InChI=1S/C45H54O6Si2/c1-44(2,3)52(35-24-14-8-15-25-35,36-26-16-9-17-27-36)50-41-39(32-46)49-43(48-33-34-22-12-7-13-23-34)42(40(41)47)51-53(45(4,5)6,37-28-18-10-19-29-37)38-30-20-11-21-31-38/h7-31,39-43,46-47H,32-33H2,1-6H3/t39?,40?,41-,42?,43+/m0/s1. The maximum absolute atomic E-state index is 13.0. The second kappa shape index (κ2) is 16.3. The topological polar surface area (TPSA) is 77.4 Å². The highest BCUT2D eigenvalue weighted by Crippen LogP contribution is 2.43. The summed E-state index contributed by atoms with van der Waals surface area (Å²) in [4.78, 5) is 0. The van der Waals surface area contributed by atoms with Gasteiger partial charge in [0.05, 0.1) is 13.2 Å². The summed E-state index contributed by atoms with van der Waals surface area (Å²) in [6.07, 6.45) is -5.07. The third-order valence-corrected chi connectivity index (χ3v) is 20.6. The van der Waals surface area contributed by atoms with Gasteiger partial charge in [-0.3, -0.25) is 0 Å². The highest BCUT2D eigenvalue weighted by molar-refractivity contribution is 7.00. The van der Waals surface area contributed by atoms with Gasteiger partial charge in [-0.2, -0.15) is 0 Å². The average Bonchev–Trinajstić information content (AvgIpc) is 3.17. The third kappa shape index (κ3) is 7.79. The van der Waals surface area contributed by atoms with Crippen molar-refractivity contribution >= 4 is 37.4 Å². The lowest BCUT2D eigenvalue weighted by Gasteiger charge is -2.53. The Morgan fingerprint density at radius 3 is 1.21 bits per heavy atom. The van der Waals surface area contributed by atoms with Crippen LogP contribution in [-0.2, 0) is 24.9 Å². The van der Waals surface area contributed by atoms with Gasteiger partial charge in [-0.15, -0.1) is 0 Å². The summed E-state index contributed by atoms with van der Waals surface area (Å²) in [5.41, 5.74) is 0.959. The number of aliphatic hydroxyl groups is 2. The molecule has 0 aromatic heterocycles. The van der Waals surface area contributed by atoms with Gasteiger partial charge in [0.1, 0.15) is 24.4 Å². The van der Waals surface area contributed by atoms with Gasteiger partial charge in [0.2, 0.25) is 0 Å². The summed E-state index contributed by atoms with van der Waals surface area (Å²) in [6.45, 7) is 13.1. The second-order valence-electron chi connectivity index (χ2n) is 16.0. The first-order valence-electron chi connectivity index (χ1n) is 18.6. The van der Waals surface area contributed by atoms with Gasteiger partial charge in [0.25, 0.3) is 16.6 Å². The van der Waals surface area contributed by atoms with Crippen molar-refractivity contribution in [2.75, 3.05) is 6.61 Å². The number of rotatable bonds is 12. The third-order valence-electron chi connectivity index (χ3n) is 10.5. The molecule has 0 amide bonds. The molecule has 1 fully saturated rings. The molecule has 1 aliphatic heterocycles. The molecule has 0 saturated carbocycles. The summed E-state index contributed by atoms with van der Waals surface area (Å²) in [7, 11) is -6.46. The minimum atomic E-state index is -3.24. The molecule has 1 aliphatic rings. The first kappa shape index (κ1) is 39.0. The van der Waals surface area contributed by atoms with E-state index in [1.807, 2.05) is 103 Å². The summed E-state index contributed by atoms with van der Waals surface area (Å²) in [5, 5.41) is 27.5. The van der Waals surface area contributed by atoms with E-state index in [2.05, 4.69) is 90.1 Å². The minimum absolute atomic E-state index is 0.233. The van der Waals surface area contributed by atoms with Gasteiger partial charge in [0, 0.05) is 0 Å². The van der Waals surface area contributed by atoms with Crippen LogP contribution in [0.25, 0.3) is 0 Å². The molecule has 8 heteroatoms. The van der Waals surface area contributed by atoms with E-state index in [4.69, 9.17) is 18.3 Å². The summed E-state index contributed by atoms with van der Waals surface area (Å²) < 4.78 is 28.6. The van der Waals surface area contributed by atoms with E-state index in [9.17, 15) is 10.2 Å². The van der Waals surface area contributed by atoms with Crippen LogP contribution in [0.2, 0.25) is 10.1 Å². The lowest BCUT2D eigenvalue weighted by atomic mass is 9.99. The molecule has 1 heterocycles. The van der Waals surface area contributed by atoms with Crippen molar-refractivity contribution in [2.45, 2.75) is 88.9 Å². The summed E-state index contributed by atoms with van der Waals surface area (Å²) in [6, 6.07) is 51.3. The Hall–Kier alpha value is -3.71. The Morgan fingerprint density at radius 1 is 0.528 bits per heavy atom. The normalized spacial score (nSPS) is 21.3. The number of hydrogen-bond donors (Lipinski definition) is 2. The van der Waals surface area contributed by atoms with Crippen LogP contribution in [0.3, 0.4) is 0 Å². The predicted octanol–water partition coefficient (Wildman–Crippen LogP) is 6.17. The van der Waals surface area contributed by atoms with E-state index in [1.165, 1.54) is 0 Å². The maximum atomic E-state index is 13.0. The van der Waals surface area contributed by atoms with E-state index < -0.39 is 47.3 Å². The van der Waals surface area contributed by atoms with Gasteiger partial charge in [-0.25, -0.2) is 0 Å². The van der Waals surface area contributed by atoms with Gasteiger partial charge in [-0.1, -0.05) is 193 Å². The lowest BCUT2D eigenvalue weighted by molar-refractivity contribution is -0.297. The van der Waals surface area contributed by atoms with Crippen LogP contribution < -0.4 is 20.7 Å². The molecule has 1 saturated heterocycles. The predicted molar refractivity (Wildman–Crippen MR) is 218 cm³/mol. The Morgan fingerprint density at radius 2 is 0.868 bits per heavy atom. The highest BCUT2D eigenvalue weighted by atomic mass is 28.4. The molecule has 0 bridgehead atoms. The van der Waals surface area contributed by atoms with Crippen molar-refractivity contribution in [1.82, 2.24) is 0 Å². The molecule has 5 aromatic rings. The fourth-order valence-electron chi connectivity index (χ4n) is 7.99. The molecular weight excluding hydrogens is 693 g/mol. The zero-order valence-corrected chi connectivity index (χ0v) is 33.8. The number of ether oxygens (including phenoxy) is 2. The smallest absolute Gasteiger partial charge is 0.261 e. The summed E-state index contributed by atoms with van der Waals surface area (Å²) >= 11 is 0. The van der Waals surface area contributed by atoms with Crippen molar-refractivity contribution in [3.63, 3.8) is 0 Å². The molecule has 6 rings (SSSR count). The van der Waals surface area contributed by atoms with Crippen molar-refractivity contribution in [3.8, 4) is 0 Å². The average molecular weight is 747 g/mol. The molecule has 0 radical (unpaired) electrons. The van der Waals surface area contributed by atoms with E-state index in [0.717, 1.165) is 26.3 Å². The molecule has 53 heavy (non-hydrogen) atoms. The van der Waals surface area contributed by atoms with E-state index >= 15 is 0 Å². The van der Waals surface area contributed by atoms with Crippen molar-refractivity contribution in [1.29, 1.82) is 0 Å². The van der Waals surface area contributed by atoms with Crippen LogP contribution in [0.4, 0.5) is 0 Å². The molecule has 278 valence electrons. The number of aliphatic hydroxyl groups excluding tert-OH is 2. The number of hydrogen-bond acceptors (Lipinski definition) is 6. The zero-order chi connectivity index (χ0) is 37.7. The molecule has 5 atom stereocenters. The molecule has 6 nitrogen and oxygen atoms in total. The van der Waals surface area contributed by atoms with Gasteiger partial charge in [0.15, 0.2) is 6.29 Å². The molecule has 3 unspecified atom stereocenters. The molecular formula is C45H54O6Si2. The van der Waals surface area contributed by atoms with E-state index in [0.29, 0.717) is 0 Å². The fourth-order valence-corrected chi connectivity index (χ4v) is 17.4. The van der Waals surface area contributed by atoms with Crippen molar-refractivity contribution < 1.29 is 28.5 Å². The highest BCUT2D eigenvalue weighted by Gasteiger charge is 2.59. The van der Waals surface area contributed by atoms with Crippen LogP contribution in [0.5, 0.6) is 0 Å². The van der Waals surface area contributed by atoms with Crippen LogP contribution in [-0.4, -0.2) is 64.2 Å². The van der Waals surface area contributed by atoms with Crippen LogP contribution in [0, 0.1) is 0 Å². The molecule has 0 aliphatic carbocycles. The largest absolute Gasteiger partial charge is 0.399 e. The summed E-state index contributed by atoms with van der Waals surface area (Å²) in [5.74, 6) is 0. The zero-order valence-electron chi connectivity index (χ0n) is 31.8. The maximum Gasteiger partial charge on any atom is 0.261 e. The molecule has 5 aromatic carbocycles. The lowest BCUT2D eigenvalue weighted by Crippen LogP contribution is -2.74. The van der Waals surface area contributed by atoms with Gasteiger partial charge >= 0.3 is 0 Å². The van der Waals surface area contributed by atoms with E-state index in [1.54, 1.807) is 0 Å². The van der Waals surface area contributed by atoms with Crippen LogP contribution >= 0.6 is 0 Å². The first-order chi connectivity index (χ1) is 25.4. The van der Waals surface area contributed by atoms with Gasteiger partial charge in [-0.05, 0) is 36.4 Å². The van der Waals surface area contributed by atoms with Crippen molar-refractivity contribution in [3.05, 3.63) is 157 Å². The second-order valence-corrected chi connectivity index (χ2v) is 24.5. The van der Waals surface area contributed by atoms with Gasteiger partial charge < -0.3 is 28.5 Å². The monoisotopic (exact) mass is 746 g/mol. The quantitative estimate of drug-likeness (QED) is 0.149. The Balaban J connectivity index is 1.52. The van der Waals surface area contributed by atoms with Crippen LogP contribution in [0.1, 0.15) is 47.1 Å².